The number of carbonyl (C=O) groups excluding carboxylic acids is 1. The van der Waals surface area contributed by atoms with Crippen LogP contribution in [0.3, 0.4) is 0 Å². The molecule has 0 radical (unpaired) electrons. The number of para-hydroxylation sites is 1. The molecule has 6 nitrogen and oxygen atoms in total. The van der Waals surface area contributed by atoms with Crippen molar-refractivity contribution in [2.75, 3.05) is 6.61 Å². The largest absolute Gasteiger partial charge is 0.494 e. The number of aromatic nitrogens is 3. The Morgan fingerprint density at radius 3 is 2.55 bits per heavy atom. The number of hydrogen-bond donors (Lipinski definition) is 0. The van der Waals surface area contributed by atoms with E-state index in [1.807, 2.05) is 43.5 Å². The van der Waals surface area contributed by atoms with E-state index >= 15 is 0 Å². The Kier molecular flexibility index (Phi) is 5.33. The summed E-state index contributed by atoms with van der Waals surface area (Å²) in [5.41, 5.74) is 2.94. The van der Waals surface area contributed by atoms with Crippen LogP contribution < -0.4 is 9.47 Å². The molecular weight excluding hydrogens is 366 g/mol. The maximum atomic E-state index is 12.6. The van der Waals surface area contributed by atoms with Gasteiger partial charge in [0.05, 0.1) is 30.3 Å². The van der Waals surface area contributed by atoms with Crippen molar-refractivity contribution in [1.29, 1.82) is 0 Å². The summed E-state index contributed by atoms with van der Waals surface area (Å²) in [6.45, 7) is 2.48. The van der Waals surface area contributed by atoms with Gasteiger partial charge in [-0.1, -0.05) is 18.2 Å². The second kappa shape index (κ2) is 8.39. The third-order valence-corrected chi connectivity index (χ3v) is 4.30. The molecule has 144 valence electrons. The molecule has 0 atom stereocenters. The molecule has 0 aliphatic heterocycles. The summed E-state index contributed by atoms with van der Waals surface area (Å²) in [5, 5.41) is 4.41. The van der Waals surface area contributed by atoms with Gasteiger partial charge in [-0.3, -0.25) is 4.98 Å². The molecule has 0 spiro atoms. The maximum Gasteiger partial charge on any atom is 0.343 e. The van der Waals surface area contributed by atoms with Crippen molar-refractivity contribution in [3.63, 3.8) is 0 Å². The lowest BCUT2D eigenvalue weighted by atomic mass is 10.1. The first-order valence-electron chi connectivity index (χ1n) is 9.24. The highest BCUT2D eigenvalue weighted by Crippen LogP contribution is 2.30. The molecule has 0 fully saturated rings. The summed E-state index contributed by atoms with van der Waals surface area (Å²) in [4.78, 5) is 16.7. The van der Waals surface area contributed by atoms with E-state index in [-0.39, 0.29) is 0 Å². The predicted molar refractivity (Wildman–Crippen MR) is 109 cm³/mol. The number of carbonyl (C=O) groups is 1. The lowest BCUT2D eigenvalue weighted by molar-refractivity contribution is 0.0735. The average molecular weight is 385 g/mol. The van der Waals surface area contributed by atoms with Gasteiger partial charge in [-0.2, -0.15) is 5.10 Å². The summed E-state index contributed by atoms with van der Waals surface area (Å²) >= 11 is 0. The summed E-state index contributed by atoms with van der Waals surface area (Å²) in [6.07, 6.45) is 6.81. The number of ether oxygens (including phenoxy) is 2. The lowest BCUT2D eigenvalue weighted by Crippen LogP contribution is -2.09. The minimum absolute atomic E-state index is 0.374. The van der Waals surface area contributed by atoms with Gasteiger partial charge in [0.1, 0.15) is 5.75 Å². The lowest BCUT2D eigenvalue weighted by Gasteiger charge is -2.09. The fraction of sp³-hybridized carbons (Fsp3) is 0.0870. The van der Waals surface area contributed by atoms with Crippen molar-refractivity contribution in [3.8, 4) is 28.3 Å². The van der Waals surface area contributed by atoms with Crippen LogP contribution in [0.1, 0.15) is 17.3 Å². The highest BCUT2D eigenvalue weighted by atomic mass is 16.5. The topological polar surface area (TPSA) is 66.2 Å². The number of rotatable bonds is 6. The number of nitrogens with zero attached hydrogens (tertiary/aromatic N) is 3. The van der Waals surface area contributed by atoms with Gasteiger partial charge < -0.3 is 9.47 Å². The summed E-state index contributed by atoms with van der Waals surface area (Å²) in [5.74, 6) is 0.621. The van der Waals surface area contributed by atoms with Crippen LogP contribution in [-0.2, 0) is 0 Å². The van der Waals surface area contributed by atoms with E-state index in [0.717, 1.165) is 16.8 Å². The Labute approximate surface area is 168 Å². The Morgan fingerprint density at radius 1 is 1.00 bits per heavy atom. The molecule has 2 aromatic carbocycles. The van der Waals surface area contributed by atoms with Gasteiger partial charge in [0.2, 0.25) is 0 Å². The molecule has 0 amide bonds. The first-order valence-corrected chi connectivity index (χ1v) is 9.24. The molecule has 0 unspecified atom stereocenters. The Hall–Kier alpha value is -3.93. The number of benzene rings is 2. The monoisotopic (exact) mass is 385 g/mol. The minimum atomic E-state index is -0.460. The van der Waals surface area contributed by atoms with Gasteiger partial charge in [0.15, 0.2) is 5.75 Å². The van der Waals surface area contributed by atoms with Gasteiger partial charge in [0.25, 0.3) is 0 Å². The Morgan fingerprint density at radius 2 is 1.79 bits per heavy atom. The smallest absolute Gasteiger partial charge is 0.343 e. The maximum absolute atomic E-state index is 12.6. The van der Waals surface area contributed by atoms with E-state index in [9.17, 15) is 4.79 Å². The quantitative estimate of drug-likeness (QED) is 0.456. The van der Waals surface area contributed by atoms with Crippen LogP contribution >= 0.6 is 0 Å². The summed E-state index contributed by atoms with van der Waals surface area (Å²) < 4.78 is 12.8. The zero-order valence-corrected chi connectivity index (χ0v) is 15.9. The predicted octanol–water partition coefficient (Wildman–Crippen LogP) is 4.55. The van der Waals surface area contributed by atoms with Crippen molar-refractivity contribution < 1.29 is 14.3 Å². The van der Waals surface area contributed by atoms with Gasteiger partial charge >= 0.3 is 5.97 Å². The molecule has 0 bridgehead atoms. The first kappa shape index (κ1) is 18.4. The normalized spacial score (nSPS) is 10.5. The number of pyridine rings is 1. The second-order valence-electron chi connectivity index (χ2n) is 6.23. The second-order valence-corrected chi connectivity index (χ2v) is 6.23. The van der Waals surface area contributed by atoms with Gasteiger partial charge in [-0.05, 0) is 49.4 Å². The van der Waals surface area contributed by atoms with Crippen LogP contribution in [0.15, 0.2) is 85.5 Å². The summed E-state index contributed by atoms with van der Waals surface area (Å²) in [7, 11) is 0. The van der Waals surface area contributed by atoms with E-state index in [1.54, 1.807) is 47.4 Å². The van der Waals surface area contributed by atoms with E-state index in [4.69, 9.17) is 9.47 Å². The molecule has 2 heterocycles. The molecule has 2 aromatic heterocycles. The van der Waals surface area contributed by atoms with Crippen LogP contribution in [-0.4, -0.2) is 27.3 Å². The van der Waals surface area contributed by atoms with E-state index in [1.165, 1.54) is 6.20 Å². The molecule has 4 rings (SSSR count). The zero-order valence-electron chi connectivity index (χ0n) is 15.9. The molecule has 29 heavy (non-hydrogen) atoms. The van der Waals surface area contributed by atoms with Crippen LogP contribution in [0.5, 0.6) is 11.5 Å². The van der Waals surface area contributed by atoms with E-state index in [0.29, 0.717) is 23.7 Å². The molecular formula is C23H19N3O3. The highest BCUT2D eigenvalue weighted by Gasteiger charge is 2.15. The first-order chi connectivity index (χ1) is 14.2. The van der Waals surface area contributed by atoms with Gasteiger partial charge in [0, 0.05) is 23.5 Å². The SMILES string of the molecule is CCOc1ccc(C(=O)Oc2cnccc2-c2cnn(-c3ccccc3)c2)cc1. The van der Waals surface area contributed by atoms with E-state index < -0.39 is 5.97 Å². The summed E-state index contributed by atoms with van der Waals surface area (Å²) in [6, 6.07) is 18.4. The molecule has 0 aliphatic rings. The molecule has 6 heteroatoms. The van der Waals surface area contributed by atoms with Crippen LogP contribution in [0.25, 0.3) is 16.8 Å². The fourth-order valence-corrected chi connectivity index (χ4v) is 2.90. The zero-order chi connectivity index (χ0) is 20.1. The van der Waals surface area contributed by atoms with Gasteiger partial charge in [-0.25, -0.2) is 9.48 Å². The highest BCUT2D eigenvalue weighted by molar-refractivity contribution is 5.92. The molecule has 0 N–H and O–H groups in total. The van der Waals surface area contributed by atoms with Crippen molar-refractivity contribution in [2.45, 2.75) is 6.92 Å². The third kappa shape index (κ3) is 4.16. The Bertz CT molecular complexity index is 1110. The van der Waals surface area contributed by atoms with Crippen LogP contribution in [0, 0.1) is 0 Å². The molecule has 0 saturated heterocycles. The van der Waals surface area contributed by atoms with Crippen LogP contribution in [0.2, 0.25) is 0 Å². The average Bonchev–Trinajstić information content (AvgIpc) is 3.26. The van der Waals surface area contributed by atoms with Gasteiger partial charge in [-0.15, -0.1) is 0 Å². The van der Waals surface area contributed by atoms with Crippen molar-refractivity contribution in [3.05, 3.63) is 91.0 Å². The third-order valence-electron chi connectivity index (χ3n) is 4.30. The van der Waals surface area contributed by atoms with Crippen molar-refractivity contribution in [1.82, 2.24) is 14.8 Å². The molecule has 4 aromatic rings. The Balaban J connectivity index is 1.57. The molecule has 0 saturated carbocycles. The molecule has 0 aliphatic carbocycles. The number of hydrogen-bond acceptors (Lipinski definition) is 5. The van der Waals surface area contributed by atoms with E-state index in [2.05, 4.69) is 10.1 Å². The van der Waals surface area contributed by atoms with Crippen molar-refractivity contribution >= 4 is 5.97 Å². The fourth-order valence-electron chi connectivity index (χ4n) is 2.90. The minimum Gasteiger partial charge on any atom is -0.494 e. The number of esters is 1. The standard InChI is InChI=1S/C23H19N3O3/c1-2-28-20-10-8-17(9-11-20)23(27)29-22-15-24-13-12-21(22)18-14-25-26(16-18)19-6-4-3-5-7-19/h3-16H,2H2,1H3. The van der Waals surface area contributed by atoms with Crippen molar-refractivity contribution in [2.24, 2.45) is 0 Å². The van der Waals surface area contributed by atoms with Crippen LogP contribution in [0.4, 0.5) is 0 Å².